The normalized spacial score (nSPS) is 40.2. The van der Waals surface area contributed by atoms with E-state index in [2.05, 4.69) is 32.6 Å². The molecule has 0 spiro atoms. The zero-order valence-corrected chi connectivity index (χ0v) is 9.26. The van der Waals surface area contributed by atoms with Gasteiger partial charge in [-0.3, -0.25) is 4.90 Å². The van der Waals surface area contributed by atoms with Gasteiger partial charge in [0.05, 0.1) is 12.7 Å². The molecule has 2 heterocycles. The van der Waals surface area contributed by atoms with Crippen LogP contribution in [0.2, 0.25) is 0 Å². The van der Waals surface area contributed by atoms with Crippen molar-refractivity contribution in [3.63, 3.8) is 0 Å². The fourth-order valence-electron chi connectivity index (χ4n) is 2.29. The van der Waals surface area contributed by atoms with E-state index in [1.165, 1.54) is 13.0 Å². The van der Waals surface area contributed by atoms with Crippen molar-refractivity contribution in [2.45, 2.75) is 45.8 Å². The van der Waals surface area contributed by atoms with Crippen molar-refractivity contribution in [3.8, 4) is 0 Å². The highest BCUT2D eigenvalue weighted by molar-refractivity contribution is 5.04. The zero-order chi connectivity index (χ0) is 9.69. The Bertz CT molecular complexity index is 214. The Morgan fingerprint density at radius 3 is 2.54 bits per heavy atom. The molecule has 0 bridgehead atoms. The summed E-state index contributed by atoms with van der Waals surface area (Å²) in [7, 11) is 0. The maximum Gasteiger partial charge on any atom is 0.0790 e. The molecular formula is C11H21NO. The third-order valence-electron chi connectivity index (χ3n) is 4.05. The van der Waals surface area contributed by atoms with Gasteiger partial charge in [-0.25, -0.2) is 0 Å². The predicted molar refractivity (Wildman–Crippen MR) is 53.8 cm³/mol. The Hall–Kier alpha value is -0.0800. The van der Waals surface area contributed by atoms with Crippen LogP contribution in [0.5, 0.6) is 0 Å². The molecule has 2 heteroatoms. The van der Waals surface area contributed by atoms with Crippen LogP contribution in [0, 0.1) is 5.41 Å². The van der Waals surface area contributed by atoms with E-state index >= 15 is 0 Å². The molecule has 76 valence electrons. The van der Waals surface area contributed by atoms with Gasteiger partial charge in [0.1, 0.15) is 0 Å². The van der Waals surface area contributed by atoms with Gasteiger partial charge in [0, 0.05) is 24.0 Å². The molecule has 0 amide bonds. The molecule has 2 aliphatic rings. The number of ether oxygens (including phenoxy) is 1. The number of rotatable bonds is 2. The minimum atomic E-state index is 0.351. The monoisotopic (exact) mass is 183 g/mol. The van der Waals surface area contributed by atoms with Crippen molar-refractivity contribution in [1.29, 1.82) is 0 Å². The van der Waals surface area contributed by atoms with Gasteiger partial charge in [-0.2, -0.15) is 0 Å². The van der Waals surface area contributed by atoms with E-state index in [9.17, 15) is 0 Å². The molecule has 0 aromatic heterocycles. The molecule has 0 unspecified atom stereocenters. The van der Waals surface area contributed by atoms with Crippen LogP contribution in [0.3, 0.4) is 0 Å². The Morgan fingerprint density at radius 2 is 2.23 bits per heavy atom. The largest absolute Gasteiger partial charge is 0.375 e. The minimum absolute atomic E-state index is 0.351. The van der Waals surface area contributed by atoms with Crippen molar-refractivity contribution in [3.05, 3.63) is 0 Å². The number of nitrogens with zero attached hydrogens (tertiary/aromatic N) is 1. The van der Waals surface area contributed by atoms with Gasteiger partial charge in [-0.1, -0.05) is 13.8 Å². The van der Waals surface area contributed by atoms with Gasteiger partial charge in [-0.05, 0) is 20.3 Å². The average molecular weight is 183 g/mol. The Balaban J connectivity index is 2.05. The van der Waals surface area contributed by atoms with Crippen molar-refractivity contribution in [2.75, 3.05) is 19.7 Å². The van der Waals surface area contributed by atoms with E-state index in [0.717, 1.165) is 13.2 Å². The van der Waals surface area contributed by atoms with E-state index in [-0.39, 0.29) is 0 Å². The van der Waals surface area contributed by atoms with Crippen LogP contribution in [0.1, 0.15) is 34.1 Å². The van der Waals surface area contributed by atoms with Gasteiger partial charge < -0.3 is 4.74 Å². The summed E-state index contributed by atoms with van der Waals surface area (Å²) in [6.07, 6.45) is 1.73. The molecule has 2 saturated heterocycles. The first-order valence-electron chi connectivity index (χ1n) is 5.35. The van der Waals surface area contributed by atoms with Crippen LogP contribution in [-0.2, 0) is 4.74 Å². The lowest BCUT2D eigenvalue weighted by molar-refractivity contribution is -0.144. The second-order valence-electron chi connectivity index (χ2n) is 5.50. The molecule has 0 aromatic carbocycles. The molecule has 2 rings (SSSR count). The van der Waals surface area contributed by atoms with Crippen LogP contribution in [-0.4, -0.2) is 36.2 Å². The Kier molecular flexibility index (Phi) is 1.97. The summed E-state index contributed by atoms with van der Waals surface area (Å²) in [5, 5.41) is 0. The van der Waals surface area contributed by atoms with Crippen molar-refractivity contribution in [2.24, 2.45) is 5.41 Å². The van der Waals surface area contributed by atoms with E-state index in [4.69, 9.17) is 4.74 Å². The first-order valence-corrected chi connectivity index (χ1v) is 5.35. The molecule has 0 aromatic rings. The highest BCUT2D eigenvalue weighted by atomic mass is 16.5. The molecule has 2 atom stereocenters. The molecule has 0 N–H and O–H groups in total. The van der Waals surface area contributed by atoms with Crippen LogP contribution in [0.4, 0.5) is 0 Å². The SMILES string of the molecule is CCC(C)(C)N1C[C@@H]2OC[C@]2(C)C1. The fourth-order valence-corrected chi connectivity index (χ4v) is 2.29. The summed E-state index contributed by atoms with van der Waals surface area (Å²) in [6, 6.07) is 0. The summed E-state index contributed by atoms with van der Waals surface area (Å²) in [5.74, 6) is 0. The number of hydrogen-bond acceptors (Lipinski definition) is 2. The smallest absolute Gasteiger partial charge is 0.0790 e. The highest BCUT2D eigenvalue weighted by Crippen LogP contribution is 2.43. The first kappa shape index (κ1) is 9.47. The average Bonchev–Trinajstić information content (AvgIpc) is 2.29. The number of hydrogen-bond donors (Lipinski definition) is 0. The minimum Gasteiger partial charge on any atom is -0.375 e. The van der Waals surface area contributed by atoms with Crippen molar-refractivity contribution >= 4 is 0 Å². The van der Waals surface area contributed by atoms with Crippen LogP contribution < -0.4 is 0 Å². The molecule has 0 radical (unpaired) electrons. The molecule has 13 heavy (non-hydrogen) atoms. The fraction of sp³-hybridized carbons (Fsp3) is 1.00. The van der Waals surface area contributed by atoms with Crippen LogP contribution >= 0.6 is 0 Å². The van der Waals surface area contributed by atoms with Gasteiger partial charge in [-0.15, -0.1) is 0 Å². The van der Waals surface area contributed by atoms with Crippen LogP contribution in [0.25, 0.3) is 0 Å². The second-order valence-corrected chi connectivity index (χ2v) is 5.50. The van der Waals surface area contributed by atoms with Crippen molar-refractivity contribution in [1.82, 2.24) is 4.90 Å². The summed E-state index contributed by atoms with van der Waals surface area (Å²) >= 11 is 0. The molecule has 2 fully saturated rings. The van der Waals surface area contributed by atoms with Gasteiger partial charge in [0.25, 0.3) is 0 Å². The lowest BCUT2D eigenvalue weighted by Gasteiger charge is -2.40. The molecule has 2 aliphatic heterocycles. The maximum atomic E-state index is 5.59. The first-order chi connectivity index (χ1) is 5.98. The van der Waals surface area contributed by atoms with Gasteiger partial charge in [0.15, 0.2) is 0 Å². The Labute approximate surface area is 81.3 Å². The lowest BCUT2D eigenvalue weighted by atomic mass is 9.83. The second kappa shape index (κ2) is 2.71. The van der Waals surface area contributed by atoms with E-state index in [1.54, 1.807) is 0 Å². The lowest BCUT2D eigenvalue weighted by Crippen LogP contribution is -2.48. The quantitative estimate of drug-likeness (QED) is 0.648. The summed E-state index contributed by atoms with van der Waals surface area (Å²) in [4.78, 5) is 2.59. The summed E-state index contributed by atoms with van der Waals surface area (Å²) in [6.45, 7) is 12.6. The zero-order valence-electron chi connectivity index (χ0n) is 9.26. The maximum absolute atomic E-state index is 5.59. The van der Waals surface area contributed by atoms with Gasteiger partial charge >= 0.3 is 0 Å². The topological polar surface area (TPSA) is 12.5 Å². The molecule has 2 nitrogen and oxygen atoms in total. The molecular weight excluding hydrogens is 162 g/mol. The third-order valence-corrected chi connectivity index (χ3v) is 4.05. The highest BCUT2D eigenvalue weighted by Gasteiger charge is 2.53. The number of fused-ring (bicyclic) bond motifs is 1. The number of likely N-dealkylation sites (tertiary alicyclic amines) is 1. The van der Waals surface area contributed by atoms with E-state index in [1.807, 2.05) is 0 Å². The van der Waals surface area contributed by atoms with Crippen LogP contribution in [0.15, 0.2) is 0 Å². The van der Waals surface area contributed by atoms with E-state index in [0.29, 0.717) is 17.1 Å². The summed E-state index contributed by atoms with van der Waals surface area (Å²) < 4.78 is 5.59. The Morgan fingerprint density at radius 1 is 1.54 bits per heavy atom. The third kappa shape index (κ3) is 1.31. The van der Waals surface area contributed by atoms with E-state index < -0.39 is 0 Å². The van der Waals surface area contributed by atoms with Gasteiger partial charge in [0.2, 0.25) is 0 Å². The van der Waals surface area contributed by atoms with Crippen molar-refractivity contribution < 1.29 is 4.74 Å². The predicted octanol–water partition coefficient (Wildman–Crippen LogP) is 1.90. The molecule has 0 aliphatic carbocycles. The molecule has 0 saturated carbocycles. The standard InChI is InChI=1S/C11H21NO/c1-5-10(2,3)12-6-9-11(4,7-12)8-13-9/h9H,5-8H2,1-4H3/t9-,11-/m0/s1. The summed E-state index contributed by atoms with van der Waals surface area (Å²) in [5.41, 5.74) is 0.816.